The van der Waals surface area contributed by atoms with Crippen LogP contribution in [-0.2, 0) is 18.3 Å². The number of benzene rings is 8. The van der Waals surface area contributed by atoms with Crippen molar-refractivity contribution in [1.82, 2.24) is 0 Å². The van der Waals surface area contributed by atoms with Gasteiger partial charge in [-0.05, 0) is 125 Å². The monoisotopic (exact) mass is 801 g/mol. The van der Waals surface area contributed by atoms with E-state index in [-0.39, 0.29) is 5.41 Å². The highest BCUT2D eigenvalue weighted by Gasteiger charge is 2.37. The van der Waals surface area contributed by atoms with Gasteiger partial charge >= 0.3 is 0 Å². The van der Waals surface area contributed by atoms with Crippen LogP contribution >= 0.6 is 0 Å². The van der Waals surface area contributed by atoms with E-state index in [1.54, 1.807) is 0 Å². The van der Waals surface area contributed by atoms with Crippen molar-refractivity contribution in [3.63, 3.8) is 0 Å². The molecule has 0 saturated carbocycles. The first-order valence-corrected chi connectivity index (χ1v) is 22.4. The van der Waals surface area contributed by atoms with Gasteiger partial charge in [-0.2, -0.15) is 0 Å². The Balaban J connectivity index is 0.000000172. The molecule has 0 aliphatic heterocycles. The van der Waals surface area contributed by atoms with E-state index >= 15 is 0 Å². The summed E-state index contributed by atoms with van der Waals surface area (Å²) in [7, 11) is 0. The van der Waals surface area contributed by atoms with Gasteiger partial charge in [-0.3, -0.25) is 0 Å². The zero-order chi connectivity index (χ0) is 43.9. The molecule has 2 aliphatic rings. The molecule has 0 unspecified atom stereocenters. The largest absolute Gasteiger partial charge is 0.0683 e. The van der Waals surface area contributed by atoms with Gasteiger partial charge in [0.25, 0.3) is 0 Å². The predicted octanol–water partition coefficient (Wildman–Crippen LogP) is 17.4. The van der Waals surface area contributed by atoms with Gasteiger partial charge in [0.1, 0.15) is 0 Å². The van der Waals surface area contributed by atoms with Gasteiger partial charge < -0.3 is 0 Å². The molecule has 0 spiro atoms. The van der Waals surface area contributed by atoms with Crippen LogP contribution in [-0.4, -0.2) is 0 Å². The Morgan fingerprint density at radius 2 is 0.951 bits per heavy atom. The SMILES string of the molecule is CC.CCC.Cc1cc2c(c3ccccc13)-c1ccc(Cc3ccccc3)cc1C2(C)C.Cc1ccc(C)cc1.Cc1cccc2c1Cc1ccccc1-2.Cc1ccccc1. The molecule has 312 valence electrons. The summed E-state index contributed by atoms with van der Waals surface area (Å²) in [6.07, 6.45) is 3.35. The van der Waals surface area contributed by atoms with Crippen molar-refractivity contribution in [3.05, 3.63) is 237 Å². The van der Waals surface area contributed by atoms with Crippen LogP contribution in [0.15, 0.2) is 176 Å². The number of fused-ring (bicyclic) bond motifs is 8. The molecule has 0 fully saturated rings. The first kappa shape index (κ1) is 46.1. The standard InChI is InChI=1S/C27H24.C14H12.C8H10.C7H8.C3H8.C2H6/c1-18-15-25-26(22-12-8-7-11-21(18)22)23-14-13-20(17-24(23)27(25,2)3)16-19-9-5-4-6-10-19;1-10-5-4-8-13-12-7-3-2-6-11(12)9-14(10)13;1-7-3-5-8(2)6-4-7;1-7-5-3-2-4-6-7;1-3-2;1-2/h4-15,17H,16H2,1-3H3;2-8H,9H2,1H3;3-6H,1-2H3;2-6H,1H3;3H2,1-2H3;1-2H3. The zero-order valence-corrected chi connectivity index (χ0v) is 38.9. The number of hydrogen-bond donors (Lipinski definition) is 0. The van der Waals surface area contributed by atoms with Crippen molar-refractivity contribution in [3.8, 4) is 22.3 Å². The number of rotatable bonds is 2. The van der Waals surface area contributed by atoms with Crippen LogP contribution in [0.25, 0.3) is 33.0 Å². The maximum atomic E-state index is 2.44. The van der Waals surface area contributed by atoms with Crippen LogP contribution in [0.3, 0.4) is 0 Å². The van der Waals surface area contributed by atoms with Crippen LogP contribution in [0.4, 0.5) is 0 Å². The molecule has 8 aromatic rings. The summed E-state index contributed by atoms with van der Waals surface area (Å²) in [6, 6.07) is 63.1. The summed E-state index contributed by atoms with van der Waals surface area (Å²) in [6.45, 7) is 23.7. The fourth-order valence-electron chi connectivity index (χ4n) is 8.24. The normalized spacial score (nSPS) is 11.7. The van der Waals surface area contributed by atoms with Crippen LogP contribution < -0.4 is 0 Å². The lowest BCUT2D eigenvalue weighted by molar-refractivity contribution is 0.659. The van der Waals surface area contributed by atoms with E-state index in [9.17, 15) is 0 Å². The van der Waals surface area contributed by atoms with Crippen molar-refractivity contribution in [2.75, 3.05) is 0 Å². The average Bonchev–Trinajstić information content (AvgIpc) is 3.77. The van der Waals surface area contributed by atoms with Gasteiger partial charge in [0, 0.05) is 5.41 Å². The van der Waals surface area contributed by atoms with E-state index in [0.717, 1.165) is 12.8 Å². The van der Waals surface area contributed by atoms with Gasteiger partial charge in [0.2, 0.25) is 0 Å². The minimum atomic E-state index is 0.0339. The third kappa shape index (κ3) is 11.4. The van der Waals surface area contributed by atoms with E-state index in [1.165, 1.54) is 101 Å². The minimum Gasteiger partial charge on any atom is -0.0683 e. The smallest absolute Gasteiger partial charge is 0.0159 e. The van der Waals surface area contributed by atoms with Gasteiger partial charge in [-0.1, -0.05) is 241 Å². The molecule has 0 heterocycles. The molecular weight excluding hydrogens is 733 g/mol. The Morgan fingerprint density at radius 3 is 1.56 bits per heavy atom. The highest BCUT2D eigenvalue weighted by atomic mass is 14.4. The highest BCUT2D eigenvalue weighted by molar-refractivity contribution is 6.03. The molecule has 61 heavy (non-hydrogen) atoms. The van der Waals surface area contributed by atoms with E-state index in [0.29, 0.717) is 0 Å². The lowest BCUT2D eigenvalue weighted by Gasteiger charge is -2.23. The first-order chi connectivity index (χ1) is 29.5. The fraction of sp³-hybridized carbons (Fsp3) is 0.246. The Labute approximate surface area is 369 Å². The molecule has 0 heteroatoms. The summed E-state index contributed by atoms with van der Waals surface area (Å²) in [4.78, 5) is 0. The first-order valence-electron chi connectivity index (χ1n) is 22.4. The molecule has 0 N–H and O–H groups in total. The topological polar surface area (TPSA) is 0 Å². The van der Waals surface area contributed by atoms with Gasteiger partial charge in [0.05, 0.1) is 0 Å². The Kier molecular flexibility index (Phi) is 16.6. The van der Waals surface area contributed by atoms with Crippen LogP contribution in [0.1, 0.15) is 109 Å². The van der Waals surface area contributed by atoms with Crippen molar-refractivity contribution in [2.45, 2.75) is 101 Å². The number of aryl methyl sites for hydroxylation is 5. The lowest BCUT2D eigenvalue weighted by Crippen LogP contribution is -2.15. The third-order valence-corrected chi connectivity index (χ3v) is 11.4. The molecule has 0 radical (unpaired) electrons. The molecule has 0 saturated heterocycles. The van der Waals surface area contributed by atoms with Crippen molar-refractivity contribution < 1.29 is 0 Å². The van der Waals surface area contributed by atoms with Crippen molar-refractivity contribution in [1.29, 1.82) is 0 Å². The van der Waals surface area contributed by atoms with Gasteiger partial charge in [0.15, 0.2) is 0 Å². The second kappa shape index (κ2) is 22.0. The molecule has 0 bridgehead atoms. The van der Waals surface area contributed by atoms with Gasteiger partial charge in [-0.15, -0.1) is 0 Å². The number of hydrogen-bond acceptors (Lipinski definition) is 0. The predicted molar refractivity (Wildman–Crippen MR) is 269 cm³/mol. The molecule has 0 aromatic heterocycles. The summed E-state index contributed by atoms with van der Waals surface area (Å²) in [5.41, 5.74) is 21.2. The van der Waals surface area contributed by atoms with Crippen LogP contribution in [0.5, 0.6) is 0 Å². The van der Waals surface area contributed by atoms with Crippen LogP contribution in [0, 0.1) is 34.6 Å². The quantitative estimate of drug-likeness (QED) is 0.163. The van der Waals surface area contributed by atoms with Crippen LogP contribution in [0.2, 0.25) is 0 Å². The average molecular weight is 801 g/mol. The lowest BCUT2D eigenvalue weighted by atomic mass is 9.80. The maximum Gasteiger partial charge on any atom is 0.0159 e. The maximum absolute atomic E-state index is 2.44. The molecule has 10 rings (SSSR count). The van der Waals surface area contributed by atoms with Crippen molar-refractivity contribution in [2.24, 2.45) is 0 Å². The third-order valence-electron chi connectivity index (χ3n) is 11.4. The van der Waals surface area contributed by atoms with E-state index in [4.69, 9.17) is 0 Å². The Bertz CT molecular complexity index is 2570. The molecular formula is C61H68. The summed E-state index contributed by atoms with van der Waals surface area (Å²) >= 11 is 0. The summed E-state index contributed by atoms with van der Waals surface area (Å²) < 4.78 is 0. The van der Waals surface area contributed by atoms with E-state index in [1.807, 2.05) is 32.0 Å². The minimum absolute atomic E-state index is 0.0339. The van der Waals surface area contributed by atoms with Crippen molar-refractivity contribution >= 4 is 10.8 Å². The second-order valence-electron chi connectivity index (χ2n) is 16.8. The van der Waals surface area contributed by atoms with E-state index in [2.05, 4.69) is 220 Å². The Hall–Kier alpha value is -5.98. The molecule has 8 aromatic carbocycles. The highest BCUT2D eigenvalue weighted by Crippen LogP contribution is 2.52. The van der Waals surface area contributed by atoms with Gasteiger partial charge in [-0.25, -0.2) is 0 Å². The Morgan fingerprint density at radius 1 is 0.426 bits per heavy atom. The van der Waals surface area contributed by atoms with E-state index < -0.39 is 0 Å². The zero-order valence-electron chi connectivity index (χ0n) is 38.9. The molecule has 0 nitrogen and oxygen atoms in total. The fourth-order valence-corrected chi connectivity index (χ4v) is 8.24. The molecule has 0 amide bonds. The summed E-state index contributed by atoms with van der Waals surface area (Å²) in [5, 5.41) is 2.75. The molecule has 2 aliphatic carbocycles. The summed E-state index contributed by atoms with van der Waals surface area (Å²) in [5.74, 6) is 0. The second-order valence-corrected chi connectivity index (χ2v) is 16.8. The molecule has 0 atom stereocenters.